The molecule has 3 aromatic rings. The molecule has 2 nitrogen and oxygen atoms in total. The molecule has 0 aliphatic carbocycles. The number of benzene rings is 1. The SMILES string of the molecule is CCCC(=O)c1ccc(-c2cccc3cnccc23)s1. The van der Waals surface area contributed by atoms with Crippen molar-refractivity contribution in [2.45, 2.75) is 19.8 Å². The Hall–Kier alpha value is -2.00. The molecule has 0 aliphatic heterocycles. The third kappa shape index (κ3) is 2.37. The number of hydrogen-bond donors (Lipinski definition) is 0. The van der Waals surface area contributed by atoms with Gasteiger partial charge in [0.15, 0.2) is 5.78 Å². The number of thiophene rings is 1. The highest BCUT2D eigenvalue weighted by atomic mass is 32.1. The van der Waals surface area contributed by atoms with E-state index < -0.39 is 0 Å². The normalized spacial score (nSPS) is 10.8. The average molecular weight is 281 g/mol. The first-order valence-electron chi connectivity index (χ1n) is 6.75. The molecule has 0 saturated carbocycles. The maximum Gasteiger partial charge on any atom is 0.172 e. The molecule has 0 atom stereocenters. The van der Waals surface area contributed by atoms with Crippen LogP contribution in [0.2, 0.25) is 0 Å². The van der Waals surface area contributed by atoms with Gasteiger partial charge in [-0.3, -0.25) is 9.78 Å². The average Bonchev–Trinajstić information content (AvgIpc) is 2.97. The second-order valence-electron chi connectivity index (χ2n) is 4.74. The Labute approximate surface area is 122 Å². The molecule has 0 bridgehead atoms. The van der Waals surface area contributed by atoms with E-state index in [4.69, 9.17) is 0 Å². The molecule has 0 saturated heterocycles. The van der Waals surface area contributed by atoms with E-state index in [-0.39, 0.29) is 5.78 Å². The summed E-state index contributed by atoms with van der Waals surface area (Å²) in [5.74, 6) is 0.241. The zero-order chi connectivity index (χ0) is 13.9. The molecule has 0 fully saturated rings. The lowest BCUT2D eigenvalue weighted by atomic mass is 10.1. The van der Waals surface area contributed by atoms with Crippen LogP contribution in [0, 0.1) is 0 Å². The number of hydrogen-bond acceptors (Lipinski definition) is 3. The minimum atomic E-state index is 0.241. The summed E-state index contributed by atoms with van der Waals surface area (Å²) in [4.78, 5) is 18.1. The quantitative estimate of drug-likeness (QED) is 0.633. The van der Waals surface area contributed by atoms with Crippen LogP contribution in [0.25, 0.3) is 21.2 Å². The summed E-state index contributed by atoms with van der Waals surface area (Å²) < 4.78 is 0. The van der Waals surface area contributed by atoms with Gasteiger partial charge in [-0.15, -0.1) is 11.3 Å². The van der Waals surface area contributed by atoms with E-state index in [0.717, 1.165) is 21.6 Å². The van der Waals surface area contributed by atoms with E-state index in [0.29, 0.717) is 6.42 Å². The Morgan fingerprint density at radius 2 is 2.10 bits per heavy atom. The number of pyridine rings is 1. The molecular formula is C17H15NOS. The van der Waals surface area contributed by atoms with Crippen molar-refractivity contribution in [3.63, 3.8) is 0 Å². The van der Waals surface area contributed by atoms with Crippen molar-refractivity contribution in [3.05, 3.63) is 53.7 Å². The number of rotatable bonds is 4. The van der Waals surface area contributed by atoms with Crippen LogP contribution in [-0.2, 0) is 0 Å². The highest BCUT2D eigenvalue weighted by Gasteiger charge is 2.11. The van der Waals surface area contributed by atoms with Gasteiger partial charge >= 0.3 is 0 Å². The maximum atomic E-state index is 12.0. The van der Waals surface area contributed by atoms with E-state index in [1.165, 1.54) is 10.9 Å². The first kappa shape index (κ1) is 13.0. The zero-order valence-corrected chi connectivity index (χ0v) is 12.1. The summed E-state index contributed by atoms with van der Waals surface area (Å²) in [7, 11) is 0. The molecule has 1 aromatic carbocycles. The summed E-state index contributed by atoms with van der Waals surface area (Å²) in [5, 5.41) is 2.30. The Morgan fingerprint density at radius 3 is 2.95 bits per heavy atom. The van der Waals surface area contributed by atoms with Gasteiger partial charge in [0.05, 0.1) is 4.88 Å². The van der Waals surface area contributed by atoms with E-state index in [9.17, 15) is 4.79 Å². The minimum Gasteiger partial charge on any atom is -0.293 e. The second kappa shape index (κ2) is 5.55. The number of ketones is 1. The van der Waals surface area contributed by atoms with Gasteiger partial charge in [0.1, 0.15) is 0 Å². The van der Waals surface area contributed by atoms with Gasteiger partial charge in [-0.25, -0.2) is 0 Å². The van der Waals surface area contributed by atoms with Crippen LogP contribution in [0.1, 0.15) is 29.4 Å². The van der Waals surface area contributed by atoms with E-state index >= 15 is 0 Å². The number of nitrogens with zero attached hydrogens (tertiary/aromatic N) is 1. The van der Waals surface area contributed by atoms with Crippen molar-refractivity contribution in [1.29, 1.82) is 0 Å². The number of carbonyl (C=O) groups excluding carboxylic acids is 1. The Morgan fingerprint density at radius 1 is 1.20 bits per heavy atom. The summed E-state index contributed by atoms with van der Waals surface area (Å²) >= 11 is 1.58. The van der Waals surface area contributed by atoms with Gasteiger partial charge in [-0.05, 0) is 35.6 Å². The van der Waals surface area contributed by atoms with Gasteiger partial charge in [0, 0.05) is 29.1 Å². The van der Waals surface area contributed by atoms with Gasteiger partial charge in [-0.2, -0.15) is 0 Å². The number of carbonyl (C=O) groups is 1. The fourth-order valence-corrected chi connectivity index (χ4v) is 3.33. The zero-order valence-electron chi connectivity index (χ0n) is 11.3. The molecule has 3 heteroatoms. The Bertz CT molecular complexity index is 755. The smallest absolute Gasteiger partial charge is 0.172 e. The van der Waals surface area contributed by atoms with Crippen molar-refractivity contribution in [2.24, 2.45) is 0 Å². The fraction of sp³-hybridized carbons (Fsp3) is 0.176. The molecule has 0 radical (unpaired) electrons. The van der Waals surface area contributed by atoms with Gasteiger partial charge in [0.2, 0.25) is 0 Å². The van der Waals surface area contributed by atoms with Crippen molar-refractivity contribution in [1.82, 2.24) is 4.98 Å². The van der Waals surface area contributed by atoms with Crippen LogP contribution in [0.3, 0.4) is 0 Å². The van der Waals surface area contributed by atoms with Gasteiger partial charge < -0.3 is 0 Å². The lowest BCUT2D eigenvalue weighted by molar-refractivity contribution is 0.0985. The van der Waals surface area contributed by atoms with Crippen molar-refractivity contribution < 1.29 is 4.79 Å². The van der Waals surface area contributed by atoms with Gasteiger partial charge in [-0.1, -0.05) is 25.1 Å². The predicted octanol–water partition coefficient (Wildman–Crippen LogP) is 4.95. The molecule has 100 valence electrons. The lowest BCUT2D eigenvalue weighted by Gasteiger charge is -2.03. The predicted molar refractivity (Wildman–Crippen MR) is 84.3 cm³/mol. The minimum absolute atomic E-state index is 0.241. The van der Waals surface area contributed by atoms with Crippen molar-refractivity contribution >= 4 is 27.9 Å². The Kier molecular flexibility index (Phi) is 3.61. The lowest BCUT2D eigenvalue weighted by Crippen LogP contribution is -1.93. The Balaban J connectivity index is 2.06. The molecular weight excluding hydrogens is 266 g/mol. The molecule has 0 spiro atoms. The number of Topliss-reactive ketones (excluding diaryl/α,β-unsaturated/α-hetero) is 1. The molecule has 0 amide bonds. The molecule has 2 aromatic heterocycles. The van der Waals surface area contributed by atoms with Crippen LogP contribution < -0.4 is 0 Å². The second-order valence-corrected chi connectivity index (χ2v) is 5.82. The molecule has 0 aliphatic rings. The number of fused-ring (bicyclic) bond motifs is 1. The van der Waals surface area contributed by atoms with Crippen LogP contribution in [-0.4, -0.2) is 10.8 Å². The summed E-state index contributed by atoms with van der Waals surface area (Å²) in [6.45, 7) is 2.03. The monoisotopic (exact) mass is 281 g/mol. The van der Waals surface area contributed by atoms with Gasteiger partial charge in [0.25, 0.3) is 0 Å². The fourth-order valence-electron chi connectivity index (χ4n) is 2.32. The molecule has 3 rings (SSSR count). The summed E-state index contributed by atoms with van der Waals surface area (Å²) in [6, 6.07) is 12.2. The largest absolute Gasteiger partial charge is 0.293 e. The maximum absolute atomic E-state index is 12.0. The first-order chi connectivity index (χ1) is 9.79. The first-order valence-corrected chi connectivity index (χ1v) is 7.57. The van der Waals surface area contributed by atoms with E-state index in [1.807, 2.05) is 43.6 Å². The third-order valence-electron chi connectivity index (χ3n) is 3.30. The van der Waals surface area contributed by atoms with Crippen molar-refractivity contribution in [3.8, 4) is 10.4 Å². The summed E-state index contributed by atoms with van der Waals surface area (Å²) in [6.07, 6.45) is 5.20. The molecule has 0 unspecified atom stereocenters. The topological polar surface area (TPSA) is 30.0 Å². The molecule has 20 heavy (non-hydrogen) atoms. The van der Waals surface area contributed by atoms with Crippen LogP contribution in [0.4, 0.5) is 0 Å². The highest BCUT2D eigenvalue weighted by Crippen LogP contribution is 2.33. The van der Waals surface area contributed by atoms with Crippen LogP contribution in [0.5, 0.6) is 0 Å². The van der Waals surface area contributed by atoms with E-state index in [2.05, 4.69) is 17.1 Å². The van der Waals surface area contributed by atoms with Crippen LogP contribution in [0.15, 0.2) is 48.8 Å². The molecule has 2 heterocycles. The van der Waals surface area contributed by atoms with E-state index in [1.54, 1.807) is 11.3 Å². The van der Waals surface area contributed by atoms with Crippen molar-refractivity contribution in [2.75, 3.05) is 0 Å². The van der Waals surface area contributed by atoms with Crippen LogP contribution >= 0.6 is 11.3 Å². The highest BCUT2D eigenvalue weighted by molar-refractivity contribution is 7.17. The molecule has 0 N–H and O–H groups in total. The number of aromatic nitrogens is 1. The summed E-state index contributed by atoms with van der Waals surface area (Å²) in [5.41, 5.74) is 1.17. The third-order valence-corrected chi connectivity index (χ3v) is 4.46. The standard InChI is InChI=1S/C17H15NOS/c1-2-4-15(19)17-8-7-16(20-17)14-6-3-5-12-11-18-10-9-13(12)14/h3,5-11H,2,4H2,1H3.